The van der Waals surface area contributed by atoms with E-state index < -0.39 is 21.5 Å². The summed E-state index contributed by atoms with van der Waals surface area (Å²) in [6, 6.07) is 1.24. The van der Waals surface area contributed by atoms with Gasteiger partial charge in [0.2, 0.25) is 10.0 Å². The van der Waals surface area contributed by atoms with Crippen molar-refractivity contribution in [3.05, 3.63) is 18.0 Å². The van der Waals surface area contributed by atoms with Gasteiger partial charge in [0, 0.05) is 25.4 Å². The number of hydrogen-bond acceptors (Lipinski definition) is 4. The third-order valence-corrected chi connectivity index (χ3v) is 4.28. The average molecular weight is 303 g/mol. The molecule has 1 heterocycles. The van der Waals surface area contributed by atoms with Crippen LogP contribution in [0.3, 0.4) is 0 Å². The molecule has 0 spiro atoms. The van der Waals surface area contributed by atoms with E-state index in [0.717, 1.165) is 0 Å². The molecule has 7 nitrogen and oxygen atoms in total. The highest BCUT2D eigenvalue weighted by atomic mass is 32.2. The first-order valence-corrected chi connectivity index (χ1v) is 7.80. The highest BCUT2D eigenvalue weighted by Gasteiger charge is 2.26. The minimum absolute atomic E-state index is 0.0415. The molecule has 114 valence electrons. The summed E-state index contributed by atoms with van der Waals surface area (Å²) < 4.78 is 23.9. The lowest BCUT2D eigenvalue weighted by Gasteiger charge is -2.29. The first-order chi connectivity index (χ1) is 9.13. The maximum atomic E-state index is 12.2. The minimum Gasteiger partial charge on any atom is -0.396 e. The third-order valence-electron chi connectivity index (χ3n) is 3.40. The van der Waals surface area contributed by atoms with E-state index in [-0.39, 0.29) is 17.2 Å². The van der Waals surface area contributed by atoms with Crippen LogP contribution >= 0.6 is 0 Å². The van der Waals surface area contributed by atoms with Crippen LogP contribution in [0.4, 0.5) is 0 Å². The standard InChI is InChI=1S/C12H21N3O4S/c1-4-12(2,5-6-16)14-11(17)10-7-9(8-15(10)3)20(13,18)19/h7-8,16H,4-6H2,1-3H3,(H,14,17)(H2,13,18,19). The zero-order valence-corrected chi connectivity index (χ0v) is 12.7. The van der Waals surface area contributed by atoms with Gasteiger partial charge in [0.15, 0.2) is 0 Å². The first-order valence-electron chi connectivity index (χ1n) is 6.25. The molecule has 0 aromatic carbocycles. The Kier molecular flexibility index (Phi) is 4.95. The summed E-state index contributed by atoms with van der Waals surface area (Å²) in [6.07, 6.45) is 2.35. The van der Waals surface area contributed by atoms with Crippen LogP contribution in [0.25, 0.3) is 0 Å². The summed E-state index contributed by atoms with van der Waals surface area (Å²) in [5, 5.41) is 16.9. The van der Waals surface area contributed by atoms with Gasteiger partial charge in [-0.15, -0.1) is 0 Å². The number of primary sulfonamides is 1. The predicted molar refractivity (Wildman–Crippen MR) is 74.7 cm³/mol. The van der Waals surface area contributed by atoms with Gasteiger partial charge in [-0.3, -0.25) is 4.79 Å². The van der Waals surface area contributed by atoms with E-state index in [0.29, 0.717) is 12.8 Å². The number of amides is 1. The SMILES string of the molecule is CCC(C)(CCO)NC(=O)c1cc(S(N)(=O)=O)cn1C. The van der Waals surface area contributed by atoms with Crippen LogP contribution in [0, 0.1) is 0 Å². The Hall–Kier alpha value is -1.38. The van der Waals surface area contributed by atoms with Crippen molar-refractivity contribution in [2.24, 2.45) is 12.2 Å². The maximum absolute atomic E-state index is 12.2. The zero-order chi connectivity index (χ0) is 15.6. The van der Waals surface area contributed by atoms with E-state index in [4.69, 9.17) is 10.2 Å². The van der Waals surface area contributed by atoms with Gasteiger partial charge < -0.3 is 15.0 Å². The average Bonchev–Trinajstić information content (AvgIpc) is 2.71. The largest absolute Gasteiger partial charge is 0.396 e. The molecule has 1 amide bonds. The van der Waals surface area contributed by atoms with Crippen LogP contribution in [0.1, 0.15) is 37.2 Å². The molecule has 1 rings (SSSR count). The number of carbonyl (C=O) groups is 1. The highest BCUT2D eigenvalue weighted by Crippen LogP contribution is 2.17. The third kappa shape index (κ3) is 3.81. The van der Waals surface area contributed by atoms with Crippen LogP contribution in [0.15, 0.2) is 17.2 Å². The topological polar surface area (TPSA) is 114 Å². The molecule has 0 saturated carbocycles. The molecule has 4 N–H and O–H groups in total. The number of nitrogens with two attached hydrogens (primary N) is 1. The molecule has 0 fully saturated rings. The molecular weight excluding hydrogens is 282 g/mol. The molecule has 0 aliphatic heterocycles. The fourth-order valence-electron chi connectivity index (χ4n) is 1.83. The Bertz CT molecular complexity index is 594. The predicted octanol–water partition coefficient (Wildman–Crippen LogP) is -0.0466. The second-order valence-corrected chi connectivity index (χ2v) is 6.62. The second kappa shape index (κ2) is 5.94. The van der Waals surface area contributed by atoms with Crippen LogP contribution in [0.5, 0.6) is 0 Å². The molecule has 1 atom stereocenters. The summed E-state index contributed by atoms with van der Waals surface area (Å²) in [5.74, 6) is -0.403. The van der Waals surface area contributed by atoms with Gasteiger partial charge in [0.1, 0.15) is 10.6 Å². The Labute approximate surface area is 118 Å². The smallest absolute Gasteiger partial charge is 0.268 e. The summed E-state index contributed by atoms with van der Waals surface area (Å²) in [6.45, 7) is 3.68. The molecule has 0 saturated heterocycles. The molecule has 0 aliphatic rings. The normalized spacial score (nSPS) is 14.8. The summed E-state index contributed by atoms with van der Waals surface area (Å²) in [4.78, 5) is 12.1. The lowest BCUT2D eigenvalue weighted by Crippen LogP contribution is -2.46. The van der Waals surface area contributed by atoms with Gasteiger partial charge in [-0.25, -0.2) is 13.6 Å². The summed E-state index contributed by atoms with van der Waals surface area (Å²) in [5.41, 5.74) is -0.343. The van der Waals surface area contributed by atoms with Gasteiger partial charge in [-0.1, -0.05) is 6.92 Å². The van der Waals surface area contributed by atoms with Crippen molar-refractivity contribution in [3.8, 4) is 0 Å². The fourth-order valence-corrected chi connectivity index (χ4v) is 2.41. The molecule has 1 aromatic rings. The van der Waals surface area contributed by atoms with Crippen LogP contribution in [-0.2, 0) is 17.1 Å². The summed E-state index contributed by atoms with van der Waals surface area (Å²) >= 11 is 0. The van der Waals surface area contributed by atoms with Gasteiger partial charge in [0.05, 0.1) is 0 Å². The molecule has 1 unspecified atom stereocenters. The van der Waals surface area contributed by atoms with Crippen LogP contribution in [0.2, 0.25) is 0 Å². The Morgan fingerprint density at radius 1 is 1.55 bits per heavy atom. The number of aliphatic hydroxyl groups excluding tert-OH is 1. The number of rotatable bonds is 6. The van der Waals surface area contributed by atoms with Crippen molar-refractivity contribution in [1.82, 2.24) is 9.88 Å². The van der Waals surface area contributed by atoms with Crippen molar-refractivity contribution >= 4 is 15.9 Å². The van der Waals surface area contributed by atoms with Crippen LogP contribution in [-0.4, -0.2) is 36.1 Å². The van der Waals surface area contributed by atoms with Crippen molar-refractivity contribution in [3.63, 3.8) is 0 Å². The van der Waals surface area contributed by atoms with Crippen molar-refractivity contribution in [2.75, 3.05) is 6.61 Å². The van der Waals surface area contributed by atoms with E-state index in [9.17, 15) is 13.2 Å². The van der Waals surface area contributed by atoms with E-state index in [1.807, 2.05) is 13.8 Å². The molecule has 0 aliphatic carbocycles. The Morgan fingerprint density at radius 3 is 2.55 bits per heavy atom. The second-order valence-electron chi connectivity index (χ2n) is 5.06. The molecule has 1 aromatic heterocycles. The fraction of sp³-hybridized carbons (Fsp3) is 0.583. The van der Waals surface area contributed by atoms with Crippen molar-refractivity contribution in [2.45, 2.75) is 37.1 Å². The van der Waals surface area contributed by atoms with Gasteiger partial charge in [0.25, 0.3) is 5.91 Å². The van der Waals surface area contributed by atoms with Gasteiger partial charge in [-0.05, 0) is 25.8 Å². The first kappa shape index (κ1) is 16.7. The molecule has 0 bridgehead atoms. The number of aryl methyl sites for hydroxylation is 1. The molecule has 0 radical (unpaired) electrons. The summed E-state index contributed by atoms with van der Waals surface area (Å²) in [7, 11) is -2.27. The van der Waals surface area contributed by atoms with E-state index >= 15 is 0 Å². The lowest BCUT2D eigenvalue weighted by molar-refractivity contribution is 0.0877. The number of aliphatic hydroxyl groups is 1. The van der Waals surface area contributed by atoms with E-state index in [1.165, 1.54) is 16.8 Å². The molecule has 8 heteroatoms. The molecule has 20 heavy (non-hydrogen) atoms. The molecular formula is C12H21N3O4S. The van der Waals surface area contributed by atoms with Crippen molar-refractivity contribution < 1.29 is 18.3 Å². The lowest BCUT2D eigenvalue weighted by atomic mass is 9.95. The Morgan fingerprint density at radius 2 is 2.15 bits per heavy atom. The number of hydrogen-bond donors (Lipinski definition) is 3. The monoisotopic (exact) mass is 303 g/mol. The Balaban J connectivity index is 3.02. The minimum atomic E-state index is -3.84. The number of nitrogens with zero attached hydrogens (tertiary/aromatic N) is 1. The van der Waals surface area contributed by atoms with E-state index in [1.54, 1.807) is 7.05 Å². The van der Waals surface area contributed by atoms with Crippen molar-refractivity contribution in [1.29, 1.82) is 0 Å². The maximum Gasteiger partial charge on any atom is 0.268 e. The zero-order valence-electron chi connectivity index (χ0n) is 11.9. The van der Waals surface area contributed by atoms with Gasteiger partial charge >= 0.3 is 0 Å². The number of sulfonamides is 1. The number of nitrogens with one attached hydrogen (secondary N) is 1. The van der Waals surface area contributed by atoms with Gasteiger partial charge in [-0.2, -0.15) is 0 Å². The number of aromatic nitrogens is 1. The number of carbonyl (C=O) groups excluding carboxylic acids is 1. The van der Waals surface area contributed by atoms with E-state index in [2.05, 4.69) is 5.32 Å². The quantitative estimate of drug-likeness (QED) is 0.683. The van der Waals surface area contributed by atoms with Crippen LogP contribution < -0.4 is 10.5 Å². The highest BCUT2D eigenvalue weighted by molar-refractivity contribution is 7.89.